The van der Waals surface area contributed by atoms with Crippen LogP contribution in [-0.2, 0) is 9.53 Å². The molecule has 0 N–H and O–H groups in total. The Bertz CT molecular complexity index is 1830. The number of thiazole rings is 1. The van der Waals surface area contributed by atoms with Gasteiger partial charge in [0.1, 0.15) is 17.3 Å². The summed E-state index contributed by atoms with van der Waals surface area (Å²) in [6.45, 7) is 3.46. The van der Waals surface area contributed by atoms with Crippen molar-refractivity contribution >= 4 is 41.0 Å². The van der Waals surface area contributed by atoms with Crippen LogP contribution < -0.4 is 20.0 Å². The molecule has 2 aromatic carbocycles. The molecule has 0 fully saturated rings. The van der Waals surface area contributed by atoms with Crippen LogP contribution in [0.25, 0.3) is 17.4 Å². The SMILES string of the molecule is CCOC(=O)C1=C(C)N=c2s/c(=C\c3ccc(-c4cc(C(=O)[O-])ccc4Cl)o3)c(=O)n2[C@@H]1c1ccc(F)cc1. The Balaban J connectivity index is 1.62. The van der Waals surface area contributed by atoms with Crippen molar-refractivity contribution in [1.29, 1.82) is 0 Å². The molecule has 1 aliphatic rings. The van der Waals surface area contributed by atoms with E-state index in [1.54, 1.807) is 26.0 Å². The number of ether oxygens (including phenoxy) is 1. The van der Waals surface area contributed by atoms with Crippen LogP contribution in [0, 0.1) is 5.82 Å². The summed E-state index contributed by atoms with van der Waals surface area (Å²) in [4.78, 5) is 42.7. The van der Waals surface area contributed by atoms with Crippen LogP contribution in [0.4, 0.5) is 4.39 Å². The van der Waals surface area contributed by atoms with E-state index in [1.165, 1.54) is 53.1 Å². The van der Waals surface area contributed by atoms with Gasteiger partial charge in [-0.25, -0.2) is 14.2 Å². The second-order valence-electron chi connectivity index (χ2n) is 8.54. The maximum absolute atomic E-state index is 13.7. The summed E-state index contributed by atoms with van der Waals surface area (Å²) < 4.78 is 26.5. The summed E-state index contributed by atoms with van der Waals surface area (Å²) >= 11 is 7.34. The van der Waals surface area contributed by atoms with Crippen LogP contribution in [0.3, 0.4) is 0 Å². The van der Waals surface area contributed by atoms with Crippen molar-refractivity contribution in [2.75, 3.05) is 6.61 Å². The molecule has 2 aromatic heterocycles. The molecule has 198 valence electrons. The monoisotopic (exact) mass is 565 g/mol. The van der Waals surface area contributed by atoms with Gasteiger partial charge in [-0.15, -0.1) is 0 Å². The van der Waals surface area contributed by atoms with E-state index in [0.29, 0.717) is 33.1 Å². The van der Waals surface area contributed by atoms with Crippen LogP contribution in [0.2, 0.25) is 5.02 Å². The molecule has 0 radical (unpaired) electrons. The van der Waals surface area contributed by atoms with Gasteiger partial charge in [-0.2, -0.15) is 0 Å². The Labute approximate surface area is 229 Å². The lowest BCUT2D eigenvalue weighted by molar-refractivity contribution is -0.255. The molecule has 0 spiro atoms. The summed E-state index contributed by atoms with van der Waals surface area (Å²) in [7, 11) is 0. The molecular formula is C28H19ClFN2O6S-. The van der Waals surface area contributed by atoms with Gasteiger partial charge in [0.05, 0.1) is 39.4 Å². The number of hydrogen-bond acceptors (Lipinski definition) is 8. The molecule has 0 saturated heterocycles. The van der Waals surface area contributed by atoms with E-state index < -0.39 is 29.4 Å². The molecular weight excluding hydrogens is 547 g/mol. The molecule has 4 aromatic rings. The number of carbonyl (C=O) groups excluding carboxylic acids is 2. The molecule has 1 atom stereocenters. The quantitative estimate of drug-likeness (QED) is 0.332. The minimum atomic E-state index is -1.35. The molecule has 8 nitrogen and oxygen atoms in total. The van der Waals surface area contributed by atoms with Crippen LogP contribution >= 0.6 is 22.9 Å². The van der Waals surface area contributed by atoms with Gasteiger partial charge in [0.25, 0.3) is 5.56 Å². The van der Waals surface area contributed by atoms with Crippen molar-refractivity contribution in [3.63, 3.8) is 0 Å². The standard InChI is InChI=1S/C28H20ClFN2O6S/c1-3-37-27(36)23-14(2)31-28-32(24(23)15-4-7-17(30)8-5-15)25(33)22(39-28)13-18-9-11-21(38-18)19-12-16(26(34)35)6-10-20(19)29/h4-13,24H,3H2,1-2H3,(H,34,35)/p-1/b22-13-/t24-/m1/s1. The average Bonchev–Trinajstić information content (AvgIpc) is 3.48. The predicted molar refractivity (Wildman–Crippen MR) is 140 cm³/mol. The van der Waals surface area contributed by atoms with E-state index in [0.717, 1.165) is 11.3 Å². The number of aromatic carboxylic acids is 1. The smallest absolute Gasteiger partial charge is 0.338 e. The van der Waals surface area contributed by atoms with Crippen molar-refractivity contribution in [2.24, 2.45) is 4.99 Å². The van der Waals surface area contributed by atoms with Crippen LogP contribution in [0.5, 0.6) is 0 Å². The fourth-order valence-corrected chi connectivity index (χ4v) is 5.53. The number of fused-ring (bicyclic) bond motifs is 1. The number of hydrogen-bond donors (Lipinski definition) is 0. The van der Waals surface area contributed by atoms with Crippen LogP contribution in [-0.4, -0.2) is 23.1 Å². The highest BCUT2D eigenvalue weighted by molar-refractivity contribution is 7.07. The summed E-state index contributed by atoms with van der Waals surface area (Å²) in [6.07, 6.45) is 1.52. The predicted octanol–water partition coefficient (Wildman–Crippen LogP) is 3.21. The van der Waals surface area contributed by atoms with E-state index in [-0.39, 0.29) is 27.3 Å². The minimum Gasteiger partial charge on any atom is -0.545 e. The summed E-state index contributed by atoms with van der Waals surface area (Å²) in [5, 5.41) is 11.5. The summed E-state index contributed by atoms with van der Waals surface area (Å²) in [5.41, 5.74) is 0.949. The molecule has 0 aliphatic carbocycles. The number of carboxylic acid groups (broad SMARTS) is 1. The second-order valence-corrected chi connectivity index (χ2v) is 9.95. The second kappa shape index (κ2) is 10.5. The molecule has 5 rings (SSSR count). The fraction of sp³-hybridized carbons (Fsp3) is 0.143. The van der Waals surface area contributed by atoms with Crippen LogP contribution in [0.1, 0.15) is 41.6 Å². The number of furan rings is 1. The van der Waals surface area contributed by atoms with Gasteiger partial charge < -0.3 is 19.1 Å². The van der Waals surface area contributed by atoms with Gasteiger partial charge in [-0.3, -0.25) is 9.36 Å². The number of carboxylic acids is 1. The molecule has 39 heavy (non-hydrogen) atoms. The lowest BCUT2D eigenvalue weighted by atomic mass is 9.96. The molecule has 0 amide bonds. The van der Waals surface area contributed by atoms with Crippen LogP contribution in [0.15, 0.2) is 80.1 Å². The number of benzene rings is 2. The molecule has 0 saturated carbocycles. The molecule has 11 heteroatoms. The third kappa shape index (κ3) is 4.96. The first-order valence-electron chi connectivity index (χ1n) is 11.7. The van der Waals surface area contributed by atoms with Crippen molar-refractivity contribution in [3.05, 3.63) is 113 Å². The number of carbonyl (C=O) groups is 2. The Morgan fingerprint density at radius 2 is 1.95 bits per heavy atom. The Morgan fingerprint density at radius 3 is 2.64 bits per heavy atom. The fourth-order valence-electron chi connectivity index (χ4n) is 4.30. The molecule has 1 aliphatic heterocycles. The van der Waals surface area contributed by atoms with E-state index >= 15 is 0 Å². The number of nitrogens with zero attached hydrogens (tertiary/aromatic N) is 2. The molecule has 3 heterocycles. The first kappa shape index (κ1) is 26.3. The van der Waals surface area contributed by atoms with Crippen molar-refractivity contribution in [1.82, 2.24) is 4.57 Å². The lowest BCUT2D eigenvalue weighted by Gasteiger charge is -2.24. The number of allylic oxidation sites excluding steroid dienone is 1. The zero-order chi connectivity index (χ0) is 27.8. The first-order valence-corrected chi connectivity index (χ1v) is 12.9. The largest absolute Gasteiger partial charge is 0.545 e. The first-order chi connectivity index (χ1) is 18.7. The number of esters is 1. The normalized spacial score (nSPS) is 15.2. The van der Waals surface area contributed by atoms with Crippen molar-refractivity contribution in [3.8, 4) is 11.3 Å². The third-order valence-electron chi connectivity index (χ3n) is 6.07. The molecule has 0 bridgehead atoms. The molecule has 0 unspecified atom stereocenters. The van der Waals surface area contributed by atoms with E-state index in [1.807, 2.05) is 0 Å². The lowest BCUT2D eigenvalue weighted by Crippen LogP contribution is -2.39. The highest BCUT2D eigenvalue weighted by atomic mass is 35.5. The maximum atomic E-state index is 13.7. The number of aromatic nitrogens is 1. The Kier molecular flexibility index (Phi) is 7.07. The van der Waals surface area contributed by atoms with E-state index in [2.05, 4.69) is 4.99 Å². The average molecular weight is 566 g/mol. The van der Waals surface area contributed by atoms with Crippen molar-refractivity contribution < 1.29 is 28.2 Å². The van der Waals surface area contributed by atoms with E-state index in [9.17, 15) is 23.9 Å². The highest BCUT2D eigenvalue weighted by Gasteiger charge is 2.33. The number of rotatable bonds is 6. The number of halogens is 2. The summed E-state index contributed by atoms with van der Waals surface area (Å²) in [5.74, 6) is -1.82. The Morgan fingerprint density at radius 1 is 1.21 bits per heavy atom. The van der Waals surface area contributed by atoms with Gasteiger partial charge in [0, 0.05) is 11.6 Å². The summed E-state index contributed by atoms with van der Waals surface area (Å²) in [6, 6.07) is 12.0. The van der Waals surface area contributed by atoms with Gasteiger partial charge in [-0.05, 0) is 61.4 Å². The van der Waals surface area contributed by atoms with Gasteiger partial charge in [0.2, 0.25) is 0 Å². The zero-order valence-corrected chi connectivity index (χ0v) is 22.1. The minimum absolute atomic E-state index is 0.0609. The highest BCUT2D eigenvalue weighted by Crippen LogP contribution is 2.32. The van der Waals surface area contributed by atoms with Gasteiger partial charge in [0.15, 0.2) is 4.80 Å². The van der Waals surface area contributed by atoms with Crippen molar-refractivity contribution in [2.45, 2.75) is 19.9 Å². The zero-order valence-electron chi connectivity index (χ0n) is 20.6. The van der Waals surface area contributed by atoms with Gasteiger partial charge in [-0.1, -0.05) is 41.1 Å². The van der Waals surface area contributed by atoms with Gasteiger partial charge >= 0.3 is 5.97 Å². The Hall–Kier alpha value is -4.28. The third-order valence-corrected chi connectivity index (χ3v) is 7.38. The maximum Gasteiger partial charge on any atom is 0.338 e. The van der Waals surface area contributed by atoms with E-state index in [4.69, 9.17) is 20.8 Å². The topological polar surface area (TPSA) is 114 Å².